The van der Waals surface area contributed by atoms with E-state index < -0.39 is 9.84 Å². The Kier molecular flexibility index (Phi) is 3.40. The minimum absolute atomic E-state index is 0.000789. The zero-order valence-electron chi connectivity index (χ0n) is 10.0. The van der Waals surface area contributed by atoms with E-state index in [9.17, 15) is 8.42 Å². The first-order chi connectivity index (χ1) is 8.00. The van der Waals surface area contributed by atoms with E-state index in [1.807, 2.05) is 31.2 Å². The third-order valence-corrected chi connectivity index (χ3v) is 4.78. The van der Waals surface area contributed by atoms with Crippen molar-refractivity contribution < 1.29 is 13.2 Å². The van der Waals surface area contributed by atoms with Crippen molar-refractivity contribution in [1.82, 2.24) is 5.32 Å². The summed E-state index contributed by atoms with van der Waals surface area (Å²) in [6, 6.07) is 7.40. The molecule has 17 heavy (non-hydrogen) atoms. The van der Waals surface area contributed by atoms with E-state index in [0.29, 0.717) is 0 Å². The van der Waals surface area contributed by atoms with Crippen LogP contribution in [-0.4, -0.2) is 33.1 Å². The molecular formula is C12H17NO3S. The quantitative estimate of drug-likeness (QED) is 0.861. The van der Waals surface area contributed by atoms with E-state index in [2.05, 4.69) is 5.32 Å². The summed E-state index contributed by atoms with van der Waals surface area (Å²) < 4.78 is 28.5. The fraction of sp³-hybridized carbons (Fsp3) is 0.500. The van der Waals surface area contributed by atoms with Crippen LogP contribution in [0.4, 0.5) is 0 Å². The van der Waals surface area contributed by atoms with Crippen molar-refractivity contribution in [2.75, 3.05) is 18.6 Å². The zero-order chi connectivity index (χ0) is 12.5. The molecule has 1 fully saturated rings. The third kappa shape index (κ3) is 2.98. The lowest BCUT2D eigenvalue weighted by Gasteiger charge is -2.29. The van der Waals surface area contributed by atoms with Crippen molar-refractivity contribution in [3.63, 3.8) is 0 Å². The highest BCUT2D eigenvalue weighted by Gasteiger charge is 2.29. The standard InChI is InChI=1S/C12H17NO3S/c1-9-7-17(14,15)8-12(13-9)10-3-5-11(16-2)6-4-10/h3-6,9,12-13H,7-8H2,1-2H3. The lowest BCUT2D eigenvalue weighted by Crippen LogP contribution is -2.45. The highest BCUT2D eigenvalue weighted by atomic mass is 32.2. The summed E-state index contributed by atoms with van der Waals surface area (Å²) in [5.41, 5.74) is 0.987. The van der Waals surface area contributed by atoms with Gasteiger partial charge in [-0.3, -0.25) is 0 Å². The number of nitrogens with one attached hydrogen (secondary N) is 1. The SMILES string of the molecule is COc1ccc(C2CS(=O)(=O)CC(C)N2)cc1. The number of benzene rings is 1. The highest BCUT2D eigenvalue weighted by Crippen LogP contribution is 2.23. The number of methoxy groups -OCH3 is 1. The molecule has 1 aliphatic heterocycles. The van der Waals surface area contributed by atoms with Gasteiger partial charge in [-0.05, 0) is 24.6 Å². The van der Waals surface area contributed by atoms with Crippen molar-refractivity contribution in [2.24, 2.45) is 0 Å². The van der Waals surface area contributed by atoms with E-state index in [4.69, 9.17) is 4.74 Å². The van der Waals surface area contributed by atoms with Crippen molar-refractivity contribution in [2.45, 2.75) is 19.0 Å². The molecule has 1 aromatic rings. The van der Waals surface area contributed by atoms with Crippen LogP contribution in [0.3, 0.4) is 0 Å². The lowest BCUT2D eigenvalue weighted by molar-refractivity contribution is 0.414. The van der Waals surface area contributed by atoms with Gasteiger partial charge in [0, 0.05) is 12.1 Å². The summed E-state index contributed by atoms with van der Waals surface area (Å²) in [7, 11) is -1.33. The molecular weight excluding hydrogens is 238 g/mol. The molecule has 2 rings (SSSR count). The van der Waals surface area contributed by atoms with Gasteiger partial charge >= 0.3 is 0 Å². The Labute approximate surface area is 102 Å². The van der Waals surface area contributed by atoms with E-state index in [0.717, 1.165) is 11.3 Å². The lowest BCUT2D eigenvalue weighted by atomic mass is 10.1. The molecule has 5 heteroatoms. The predicted molar refractivity (Wildman–Crippen MR) is 67.0 cm³/mol. The molecule has 0 spiro atoms. The van der Waals surface area contributed by atoms with Crippen LogP contribution in [0.1, 0.15) is 18.5 Å². The molecule has 1 heterocycles. The molecule has 2 atom stereocenters. The molecule has 94 valence electrons. The Morgan fingerprint density at radius 2 is 1.88 bits per heavy atom. The molecule has 0 radical (unpaired) electrons. The molecule has 0 saturated carbocycles. The second-order valence-corrected chi connectivity index (χ2v) is 6.62. The van der Waals surface area contributed by atoms with Gasteiger partial charge in [0.2, 0.25) is 0 Å². The van der Waals surface area contributed by atoms with Crippen molar-refractivity contribution in [3.05, 3.63) is 29.8 Å². The van der Waals surface area contributed by atoms with Crippen molar-refractivity contribution in [1.29, 1.82) is 0 Å². The van der Waals surface area contributed by atoms with Gasteiger partial charge in [-0.1, -0.05) is 12.1 Å². The molecule has 1 aromatic carbocycles. The Morgan fingerprint density at radius 3 is 2.41 bits per heavy atom. The third-order valence-electron chi connectivity index (χ3n) is 2.93. The molecule has 0 aromatic heterocycles. The summed E-state index contributed by atoms with van der Waals surface area (Å²) in [6.45, 7) is 1.90. The second-order valence-electron chi connectivity index (χ2n) is 4.47. The molecule has 1 saturated heterocycles. The van der Waals surface area contributed by atoms with Crippen molar-refractivity contribution in [3.8, 4) is 5.75 Å². The van der Waals surface area contributed by atoms with Crippen LogP contribution in [0, 0.1) is 0 Å². The first kappa shape index (κ1) is 12.4. The Bertz CT molecular complexity index is 481. The van der Waals surface area contributed by atoms with Gasteiger partial charge < -0.3 is 10.1 Å². The molecule has 1 aliphatic rings. The molecule has 0 bridgehead atoms. The topological polar surface area (TPSA) is 55.4 Å². The summed E-state index contributed by atoms with van der Waals surface area (Å²) in [5, 5.41) is 3.31. The van der Waals surface area contributed by atoms with Crippen LogP contribution in [0.25, 0.3) is 0 Å². The fourth-order valence-corrected chi connectivity index (χ4v) is 3.96. The first-order valence-electron chi connectivity index (χ1n) is 5.60. The van der Waals surface area contributed by atoms with Crippen molar-refractivity contribution >= 4 is 9.84 Å². The van der Waals surface area contributed by atoms with Crippen LogP contribution in [-0.2, 0) is 9.84 Å². The average molecular weight is 255 g/mol. The highest BCUT2D eigenvalue weighted by molar-refractivity contribution is 7.91. The smallest absolute Gasteiger partial charge is 0.153 e. The second kappa shape index (κ2) is 4.66. The zero-order valence-corrected chi connectivity index (χ0v) is 10.8. The molecule has 2 unspecified atom stereocenters. The monoisotopic (exact) mass is 255 g/mol. The van der Waals surface area contributed by atoms with E-state index in [-0.39, 0.29) is 23.6 Å². The van der Waals surface area contributed by atoms with Gasteiger partial charge in [-0.2, -0.15) is 0 Å². The number of ether oxygens (including phenoxy) is 1. The van der Waals surface area contributed by atoms with Crippen LogP contribution in [0.5, 0.6) is 5.75 Å². The summed E-state index contributed by atoms with van der Waals surface area (Å²) in [4.78, 5) is 0. The summed E-state index contributed by atoms with van der Waals surface area (Å²) >= 11 is 0. The van der Waals surface area contributed by atoms with Crippen LogP contribution < -0.4 is 10.1 Å². The van der Waals surface area contributed by atoms with Crippen LogP contribution in [0.15, 0.2) is 24.3 Å². The van der Waals surface area contributed by atoms with Gasteiger partial charge in [0.25, 0.3) is 0 Å². The van der Waals surface area contributed by atoms with Gasteiger partial charge in [-0.25, -0.2) is 8.42 Å². The van der Waals surface area contributed by atoms with Gasteiger partial charge in [0.1, 0.15) is 5.75 Å². The number of sulfone groups is 1. The maximum Gasteiger partial charge on any atom is 0.153 e. The van der Waals surface area contributed by atoms with Crippen LogP contribution >= 0.6 is 0 Å². The maximum absolute atomic E-state index is 11.7. The van der Waals surface area contributed by atoms with Gasteiger partial charge in [0.15, 0.2) is 9.84 Å². The minimum atomic E-state index is -2.94. The Morgan fingerprint density at radius 1 is 1.24 bits per heavy atom. The summed E-state index contributed by atoms with van der Waals surface area (Å²) in [5.74, 6) is 1.17. The Balaban J connectivity index is 2.21. The average Bonchev–Trinajstić information content (AvgIpc) is 2.26. The van der Waals surface area contributed by atoms with Gasteiger partial charge in [-0.15, -0.1) is 0 Å². The maximum atomic E-state index is 11.7. The normalized spacial score (nSPS) is 27.6. The summed E-state index contributed by atoms with van der Waals surface area (Å²) in [6.07, 6.45) is 0. The van der Waals surface area contributed by atoms with Gasteiger partial charge in [0.05, 0.1) is 18.6 Å². The predicted octanol–water partition coefficient (Wildman–Crippen LogP) is 1.14. The minimum Gasteiger partial charge on any atom is -0.497 e. The first-order valence-corrected chi connectivity index (χ1v) is 7.43. The number of hydrogen-bond donors (Lipinski definition) is 1. The fourth-order valence-electron chi connectivity index (χ4n) is 2.17. The van der Waals surface area contributed by atoms with E-state index in [1.165, 1.54) is 0 Å². The molecule has 0 aliphatic carbocycles. The molecule has 0 amide bonds. The number of hydrogen-bond acceptors (Lipinski definition) is 4. The Hall–Kier alpha value is -1.07. The van der Waals surface area contributed by atoms with E-state index >= 15 is 0 Å². The molecule has 1 N–H and O–H groups in total. The number of rotatable bonds is 2. The van der Waals surface area contributed by atoms with Crippen LogP contribution in [0.2, 0.25) is 0 Å². The molecule has 4 nitrogen and oxygen atoms in total. The van der Waals surface area contributed by atoms with E-state index in [1.54, 1.807) is 7.11 Å². The largest absolute Gasteiger partial charge is 0.497 e.